The number of carbonyl (C=O) groups excluding carboxylic acids is 2. The summed E-state index contributed by atoms with van der Waals surface area (Å²) in [7, 11) is 0. The number of aromatic carboxylic acids is 1. The van der Waals surface area contributed by atoms with Crippen molar-refractivity contribution >= 4 is 17.8 Å². The Morgan fingerprint density at radius 3 is 1.78 bits per heavy atom. The van der Waals surface area contributed by atoms with E-state index in [1.807, 2.05) is 84.9 Å². The maximum absolute atomic E-state index is 13.6. The molecular formula is C29H24N2O6. The first kappa shape index (κ1) is 25.2. The third kappa shape index (κ3) is 6.59. The summed E-state index contributed by atoms with van der Waals surface area (Å²) in [4.78, 5) is 38.8. The van der Waals surface area contributed by atoms with E-state index in [2.05, 4.69) is 0 Å². The van der Waals surface area contributed by atoms with Gasteiger partial charge in [0, 0.05) is 24.2 Å². The van der Waals surface area contributed by atoms with Crippen molar-refractivity contribution < 1.29 is 29.4 Å². The zero-order chi connectivity index (χ0) is 26.2. The lowest BCUT2D eigenvalue weighted by atomic mass is 10.0. The van der Waals surface area contributed by atoms with Gasteiger partial charge in [-0.05, 0) is 53.6 Å². The van der Waals surface area contributed by atoms with Gasteiger partial charge in [0.25, 0.3) is 11.8 Å². The van der Waals surface area contributed by atoms with E-state index in [9.17, 15) is 19.5 Å². The van der Waals surface area contributed by atoms with Gasteiger partial charge in [-0.2, -0.15) is 0 Å². The number of nitrogens with zero attached hydrogens (tertiary/aromatic N) is 1. The molecule has 8 heteroatoms. The summed E-state index contributed by atoms with van der Waals surface area (Å²) in [6, 6.07) is 29.6. The van der Waals surface area contributed by atoms with E-state index >= 15 is 0 Å². The predicted molar refractivity (Wildman–Crippen MR) is 136 cm³/mol. The topological polar surface area (TPSA) is 116 Å². The third-order valence-electron chi connectivity index (χ3n) is 5.57. The SMILES string of the molecule is O=C(O)c1cc(C(=O)NO)cc(C(=O)N(Cc2ccccc2)Cc2ccc(Oc3ccccc3)cc2)c1. The van der Waals surface area contributed by atoms with Crippen LogP contribution < -0.4 is 10.2 Å². The zero-order valence-corrected chi connectivity index (χ0v) is 19.7. The first-order valence-electron chi connectivity index (χ1n) is 11.4. The van der Waals surface area contributed by atoms with Crippen LogP contribution in [0.3, 0.4) is 0 Å². The fraction of sp³-hybridized carbons (Fsp3) is 0.0690. The molecule has 3 N–H and O–H groups in total. The van der Waals surface area contributed by atoms with Gasteiger partial charge < -0.3 is 14.7 Å². The number of carboxylic acids is 1. The second-order valence-electron chi connectivity index (χ2n) is 8.25. The van der Waals surface area contributed by atoms with Crippen molar-refractivity contribution in [3.8, 4) is 11.5 Å². The number of carbonyl (C=O) groups is 3. The molecule has 0 aromatic heterocycles. The number of hydrogen-bond donors (Lipinski definition) is 3. The second-order valence-corrected chi connectivity index (χ2v) is 8.25. The number of carboxylic acid groups (broad SMARTS) is 1. The molecule has 8 nitrogen and oxygen atoms in total. The van der Waals surface area contributed by atoms with Gasteiger partial charge in [-0.1, -0.05) is 60.7 Å². The molecule has 4 rings (SSSR count). The Labute approximate surface area is 213 Å². The van der Waals surface area contributed by atoms with Crippen molar-refractivity contribution in [3.63, 3.8) is 0 Å². The molecular weight excluding hydrogens is 472 g/mol. The Morgan fingerprint density at radius 2 is 1.19 bits per heavy atom. The molecule has 0 atom stereocenters. The average molecular weight is 497 g/mol. The highest BCUT2D eigenvalue weighted by molar-refractivity contribution is 6.02. The molecule has 0 fully saturated rings. The summed E-state index contributed by atoms with van der Waals surface area (Å²) in [5, 5.41) is 18.5. The van der Waals surface area contributed by atoms with Crippen LogP contribution >= 0.6 is 0 Å². The van der Waals surface area contributed by atoms with Gasteiger partial charge in [-0.25, -0.2) is 10.3 Å². The summed E-state index contributed by atoms with van der Waals surface area (Å²) in [6.45, 7) is 0.471. The first-order valence-corrected chi connectivity index (χ1v) is 11.4. The number of para-hydroxylation sites is 1. The van der Waals surface area contributed by atoms with Crippen LogP contribution in [0.25, 0.3) is 0 Å². The standard InChI is InChI=1S/C29H24N2O6/c32-27(30-36)22-15-23(17-24(16-22)29(34)35)28(33)31(18-20-7-3-1-4-8-20)19-21-11-13-26(14-12-21)37-25-9-5-2-6-10-25/h1-17,36H,18-19H2,(H,30,32)(H,34,35). The summed E-state index contributed by atoms with van der Waals surface area (Å²) < 4.78 is 5.84. The van der Waals surface area contributed by atoms with Crippen molar-refractivity contribution in [2.45, 2.75) is 13.1 Å². The third-order valence-corrected chi connectivity index (χ3v) is 5.57. The molecule has 186 valence electrons. The van der Waals surface area contributed by atoms with E-state index in [1.54, 1.807) is 4.90 Å². The lowest BCUT2D eigenvalue weighted by Gasteiger charge is -2.24. The van der Waals surface area contributed by atoms with E-state index in [0.717, 1.165) is 17.2 Å². The molecule has 2 amide bonds. The van der Waals surface area contributed by atoms with Gasteiger partial charge in [-0.3, -0.25) is 14.8 Å². The largest absolute Gasteiger partial charge is 0.478 e. The number of hydroxylamine groups is 1. The molecule has 0 heterocycles. The molecule has 0 unspecified atom stereocenters. The minimum absolute atomic E-state index is 0.0125. The highest BCUT2D eigenvalue weighted by Gasteiger charge is 2.21. The Morgan fingerprint density at radius 1 is 0.676 bits per heavy atom. The maximum atomic E-state index is 13.6. The Balaban J connectivity index is 1.62. The molecule has 0 bridgehead atoms. The molecule has 0 saturated carbocycles. The Bertz CT molecular complexity index is 1390. The van der Waals surface area contributed by atoms with E-state index in [4.69, 9.17) is 9.94 Å². The Kier molecular flexibility index (Phi) is 7.92. The van der Waals surface area contributed by atoms with Gasteiger partial charge in [0.05, 0.1) is 5.56 Å². The Hall–Kier alpha value is -4.95. The highest BCUT2D eigenvalue weighted by atomic mass is 16.5. The minimum Gasteiger partial charge on any atom is -0.478 e. The lowest BCUT2D eigenvalue weighted by molar-refractivity contribution is 0.0696. The lowest BCUT2D eigenvalue weighted by Crippen LogP contribution is -2.31. The van der Waals surface area contributed by atoms with Crippen molar-refractivity contribution in [2.75, 3.05) is 0 Å². The molecule has 0 spiro atoms. The van der Waals surface area contributed by atoms with Crippen LogP contribution in [0.4, 0.5) is 0 Å². The van der Waals surface area contributed by atoms with Crippen LogP contribution in [0.2, 0.25) is 0 Å². The quantitative estimate of drug-likeness (QED) is 0.218. The molecule has 0 saturated heterocycles. The zero-order valence-electron chi connectivity index (χ0n) is 19.7. The highest BCUT2D eigenvalue weighted by Crippen LogP contribution is 2.23. The monoisotopic (exact) mass is 496 g/mol. The van der Waals surface area contributed by atoms with Crippen molar-refractivity contribution in [1.82, 2.24) is 10.4 Å². The summed E-state index contributed by atoms with van der Waals surface area (Å²) >= 11 is 0. The fourth-order valence-corrected chi connectivity index (χ4v) is 3.76. The minimum atomic E-state index is -1.30. The molecule has 0 radical (unpaired) electrons. The number of nitrogens with one attached hydrogen (secondary N) is 1. The summed E-state index contributed by atoms with van der Waals surface area (Å²) in [5.41, 5.74) is 2.80. The molecule has 0 aliphatic rings. The number of ether oxygens (including phenoxy) is 1. The van der Waals surface area contributed by atoms with Gasteiger partial charge in [0.15, 0.2) is 0 Å². The van der Waals surface area contributed by atoms with Crippen molar-refractivity contribution in [2.24, 2.45) is 0 Å². The normalized spacial score (nSPS) is 10.4. The fourth-order valence-electron chi connectivity index (χ4n) is 3.76. The summed E-state index contributed by atoms with van der Waals surface area (Å²) in [5.74, 6) is -1.34. The van der Waals surface area contributed by atoms with Crippen molar-refractivity contribution in [1.29, 1.82) is 0 Å². The number of benzene rings is 4. The maximum Gasteiger partial charge on any atom is 0.335 e. The van der Waals surface area contributed by atoms with Crippen molar-refractivity contribution in [3.05, 3.63) is 131 Å². The first-order chi connectivity index (χ1) is 17.9. The molecule has 37 heavy (non-hydrogen) atoms. The smallest absolute Gasteiger partial charge is 0.335 e. The molecule has 0 aliphatic heterocycles. The van der Waals surface area contributed by atoms with Crippen LogP contribution in [0.15, 0.2) is 103 Å². The number of rotatable bonds is 9. The summed E-state index contributed by atoms with van der Waals surface area (Å²) in [6.07, 6.45) is 0. The number of hydrogen-bond acceptors (Lipinski definition) is 5. The van der Waals surface area contributed by atoms with Crippen LogP contribution in [-0.4, -0.2) is 33.0 Å². The van der Waals surface area contributed by atoms with Gasteiger partial charge in [0.2, 0.25) is 0 Å². The van der Waals surface area contributed by atoms with E-state index in [0.29, 0.717) is 11.5 Å². The number of amides is 2. The molecule has 0 aliphatic carbocycles. The van der Waals surface area contributed by atoms with Crippen LogP contribution in [0.5, 0.6) is 11.5 Å². The van der Waals surface area contributed by atoms with E-state index in [1.165, 1.54) is 17.6 Å². The van der Waals surface area contributed by atoms with Gasteiger partial charge >= 0.3 is 5.97 Å². The molecule has 4 aromatic carbocycles. The van der Waals surface area contributed by atoms with E-state index < -0.39 is 17.8 Å². The van der Waals surface area contributed by atoms with Crippen LogP contribution in [0, 0.1) is 0 Å². The second kappa shape index (κ2) is 11.7. The molecule has 4 aromatic rings. The van der Waals surface area contributed by atoms with Crippen LogP contribution in [-0.2, 0) is 13.1 Å². The predicted octanol–water partition coefficient (Wildman–Crippen LogP) is 5.14. The van der Waals surface area contributed by atoms with Gasteiger partial charge in [-0.15, -0.1) is 0 Å². The van der Waals surface area contributed by atoms with E-state index in [-0.39, 0.29) is 29.8 Å². The van der Waals surface area contributed by atoms with Crippen LogP contribution in [0.1, 0.15) is 42.2 Å². The van der Waals surface area contributed by atoms with Gasteiger partial charge in [0.1, 0.15) is 11.5 Å². The average Bonchev–Trinajstić information content (AvgIpc) is 2.93.